The molecule has 1 aliphatic carbocycles. The van der Waals surface area contributed by atoms with Gasteiger partial charge in [0.1, 0.15) is 13.2 Å². The highest BCUT2D eigenvalue weighted by atomic mass is 16.6. The zero-order valence-electron chi connectivity index (χ0n) is 19.8. The summed E-state index contributed by atoms with van der Waals surface area (Å²) in [4.78, 5) is 15.7. The maximum Gasteiger partial charge on any atom is 0.223 e. The van der Waals surface area contributed by atoms with Crippen LogP contribution in [0.4, 0.5) is 0 Å². The van der Waals surface area contributed by atoms with Gasteiger partial charge in [-0.3, -0.25) is 4.79 Å². The number of carbonyl (C=O) groups excluding carboxylic acids is 1. The lowest BCUT2D eigenvalue weighted by Crippen LogP contribution is -2.48. The molecule has 1 fully saturated rings. The van der Waals surface area contributed by atoms with Gasteiger partial charge < -0.3 is 23.8 Å². The fourth-order valence-corrected chi connectivity index (χ4v) is 5.94. The summed E-state index contributed by atoms with van der Waals surface area (Å²) < 4.78 is 22.8. The van der Waals surface area contributed by atoms with Crippen molar-refractivity contribution in [1.82, 2.24) is 4.90 Å². The quantitative estimate of drug-likeness (QED) is 0.652. The zero-order valence-corrected chi connectivity index (χ0v) is 19.8. The number of nitrogens with zero attached hydrogens (tertiary/aromatic N) is 1. The number of aryl methyl sites for hydroxylation is 1. The monoisotopic (exact) mass is 451 g/mol. The van der Waals surface area contributed by atoms with E-state index >= 15 is 0 Å². The Labute approximate surface area is 195 Å². The van der Waals surface area contributed by atoms with E-state index in [1.807, 2.05) is 18.2 Å². The molecule has 2 aliphatic heterocycles. The van der Waals surface area contributed by atoms with E-state index in [2.05, 4.69) is 24.0 Å². The van der Waals surface area contributed by atoms with Gasteiger partial charge in [0.05, 0.1) is 20.3 Å². The number of carbonyl (C=O) groups is 1. The molecule has 33 heavy (non-hydrogen) atoms. The third-order valence-electron chi connectivity index (χ3n) is 7.65. The Morgan fingerprint density at radius 3 is 2.52 bits per heavy atom. The van der Waals surface area contributed by atoms with Crippen LogP contribution in [0.2, 0.25) is 0 Å². The van der Waals surface area contributed by atoms with Gasteiger partial charge in [-0.2, -0.15) is 0 Å². The summed E-state index contributed by atoms with van der Waals surface area (Å²) in [5.74, 6) is 3.23. The van der Waals surface area contributed by atoms with Crippen LogP contribution >= 0.6 is 0 Å². The van der Waals surface area contributed by atoms with Crippen LogP contribution in [0.25, 0.3) is 0 Å². The molecule has 0 radical (unpaired) electrons. The highest BCUT2D eigenvalue weighted by Gasteiger charge is 2.46. The van der Waals surface area contributed by atoms with E-state index in [9.17, 15) is 4.79 Å². The van der Waals surface area contributed by atoms with Crippen molar-refractivity contribution < 1.29 is 23.7 Å². The lowest BCUT2D eigenvalue weighted by molar-refractivity contribution is -0.135. The highest BCUT2D eigenvalue weighted by Crippen LogP contribution is 2.52. The van der Waals surface area contributed by atoms with Crippen molar-refractivity contribution in [3.63, 3.8) is 0 Å². The molecule has 176 valence electrons. The summed E-state index contributed by atoms with van der Waals surface area (Å²) in [5, 5.41) is 0. The molecule has 2 heterocycles. The van der Waals surface area contributed by atoms with E-state index in [1.54, 1.807) is 14.2 Å². The Hall–Kier alpha value is -2.89. The van der Waals surface area contributed by atoms with Crippen LogP contribution in [0, 0.1) is 0 Å². The van der Waals surface area contributed by atoms with Crippen molar-refractivity contribution in [3.05, 3.63) is 47.0 Å². The maximum absolute atomic E-state index is 13.6. The molecule has 1 spiro atoms. The van der Waals surface area contributed by atoms with Gasteiger partial charge in [0.15, 0.2) is 23.0 Å². The van der Waals surface area contributed by atoms with Crippen LogP contribution in [-0.2, 0) is 16.6 Å². The van der Waals surface area contributed by atoms with E-state index < -0.39 is 0 Å². The van der Waals surface area contributed by atoms with Crippen molar-refractivity contribution >= 4 is 5.91 Å². The number of amides is 1. The van der Waals surface area contributed by atoms with Crippen molar-refractivity contribution in [3.8, 4) is 23.0 Å². The van der Waals surface area contributed by atoms with Gasteiger partial charge in [-0.25, -0.2) is 0 Å². The fraction of sp³-hybridized carbons (Fsp3) is 0.519. The highest BCUT2D eigenvalue weighted by molar-refractivity contribution is 5.78. The molecule has 1 amide bonds. The summed E-state index contributed by atoms with van der Waals surface area (Å²) in [6, 6.07) is 10.2. The standard InChI is InChI=1S/C27H33NO5/c1-18-20-15-23-24(33-14-13-32-23)16-21(20)27(11-4-5-12-27)17-28(18)25(29)10-9-19-7-6-8-22(30-2)26(19)31-3/h6-8,15-16,18H,4-5,9-14,17H2,1-3H3. The number of hydrogen-bond acceptors (Lipinski definition) is 5. The Bertz CT molecular complexity index is 1040. The second-order valence-electron chi connectivity index (χ2n) is 9.42. The lowest BCUT2D eigenvalue weighted by atomic mass is 9.71. The number of ether oxygens (including phenoxy) is 4. The van der Waals surface area contributed by atoms with Gasteiger partial charge in [-0.15, -0.1) is 0 Å². The maximum atomic E-state index is 13.6. The number of hydrogen-bond donors (Lipinski definition) is 0. The minimum Gasteiger partial charge on any atom is -0.493 e. The fourth-order valence-electron chi connectivity index (χ4n) is 5.94. The Morgan fingerprint density at radius 1 is 1.09 bits per heavy atom. The summed E-state index contributed by atoms with van der Waals surface area (Å²) in [7, 11) is 3.28. The predicted octanol–water partition coefficient (Wildman–Crippen LogP) is 4.82. The summed E-state index contributed by atoms with van der Waals surface area (Å²) in [5.41, 5.74) is 3.57. The van der Waals surface area contributed by atoms with Gasteiger partial charge in [0.25, 0.3) is 0 Å². The molecule has 1 atom stereocenters. The molecule has 6 heteroatoms. The Kier molecular flexibility index (Phi) is 5.85. The largest absolute Gasteiger partial charge is 0.493 e. The molecule has 3 aliphatic rings. The van der Waals surface area contributed by atoms with Crippen LogP contribution in [-0.4, -0.2) is 44.8 Å². The van der Waals surface area contributed by atoms with Crippen LogP contribution in [0.3, 0.4) is 0 Å². The molecule has 6 nitrogen and oxygen atoms in total. The normalized spacial score (nSPS) is 20.5. The molecule has 0 saturated heterocycles. The molecule has 2 aromatic rings. The molecule has 5 rings (SSSR count). The average molecular weight is 452 g/mol. The molecular weight excluding hydrogens is 418 g/mol. The molecule has 0 aromatic heterocycles. The van der Waals surface area contributed by atoms with E-state index in [0.29, 0.717) is 37.6 Å². The molecule has 2 aromatic carbocycles. The Morgan fingerprint density at radius 2 is 1.82 bits per heavy atom. The number of rotatable bonds is 5. The topological polar surface area (TPSA) is 57.2 Å². The van der Waals surface area contributed by atoms with E-state index in [4.69, 9.17) is 18.9 Å². The second kappa shape index (κ2) is 8.81. The average Bonchev–Trinajstić information content (AvgIpc) is 3.32. The smallest absolute Gasteiger partial charge is 0.223 e. The number of fused-ring (bicyclic) bond motifs is 3. The van der Waals surface area contributed by atoms with E-state index in [0.717, 1.165) is 36.4 Å². The number of para-hydroxylation sites is 1. The van der Waals surface area contributed by atoms with Gasteiger partial charge in [-0.1, -0.05) is 25.0 Å². The van der Waals surface area contributed by atoms with Crippen molar-refractivity contribution in [2.75, 3.05) is 34.0 Å². The van der Waals surface area contributed by atoms with Gasteiger partial charge in [-0.05, 0) is 61.1 Å². The van der Waals surface area contributed by atoms with Crippen LogP contribution in [0.15, 0.2) is 30.3 Å². The van der Waals surface area contributed by atoms with Crippen LogP contribution in [0.1, 0.15) is 61.8 Å². The van der Waals surface area contributed by atoms with E-state index in [1.165, 1.54) is 24.0 Å². The first-order valence-electron chi connectivity index (χ1n) is 12.0. The zero-order chi connectivity index (χ0) is 23.0. The predicted molar refractivity (Wildman–Crippen MR) is 126 cm³/mol. The minimum atomic E-state index is 0.00163. The van der Waals surface area contributed by atoms with Crippen LogP contribution < -0.4 is 18.9 Å². The molecule has 0 bridgehead atoms. The third kappa shape index (κ3) is 3.79. The van der Waals surface area contributed by atoms with E-state index in [-0.39, 0.29) is 17.4 Å². The van der Waals surface area contributed by atoms with Crippen LogP contribution in [0.5, 0.6) is 23.0 Å². The molecular formula is C27H33NO5. The first-order chi connectivity index (χ1) is 16.1. The first kappa shape index (κ1) is 21.9. The summed E-state index contributed by atoms with van der Waals surface area (Å²) in [6.07, 6.45) is 5.67. The summed E-state index contributed by atoms with van der Waals surface area (Å²) in [6.45, 7) is 4.07. The van der Waals surface area contributed by atoms with Crippen molar-refractivity contribution in [2.24, 2.45) is 0 Å². The minimum absolute atomic E-state index is 0.00163. The van der Waals surface area contributed by atoms with Crippen molar-refractivity contribution in [2.45, 2.75) is 56.9 Å². The number of methoxy groups -OCH3 is 2. The molecule has 1 unspecified atom stereocenters. The van der Waals surface area contributed by atoms with Gasteiger partial charge >= 0.3 is 0 Å². The summed E-state index contributed by atoms with van der Waals surface area (Å²) >= 11 is 0. The SMILES string of the molecule is COc1cccc(CCC(=O)N2CC3(CCCC3)c3cc4c(cc3C2C)OCCO4)c1OC. The lowest BCUT2D eigenvalue weighted by Gasteiger charge is -2.46. The molecule has 1 saturated carbocycles. The Balaban J connectivity index is 1.42. The molecule has 0 N–H and O–H groups in total. The van der Waals surface area contributed by atoms with Gasteiger partial charge in [0, 0.05) is 18.4 Å². The first-order valence-corrected chi connectivity index (χ1v) is 12.0. The van der Waals surface area contributed by atoms with Gasteiger partial charge in [0.2, 0.25) is 5.91 Å². The van der Waals surface area contributed by atoms with Crippen molar-refractivity contribution in [1.29, 1.82) is 0 Å². The third-order valence-corrected chi connectivity index (χ3v) is 7.65. The number of benzene rings is 2. The second-order valence-corrected chi connectivity index (χ2v) is 9.42.